The molecule has 0 radical (unpaired) electrons. The molecule has 0 bridgehead atoms. The van der Waals surface area contributed by atoms with E-state index in [9.17, 15) is 14.7 Å². The zero-order valence-electron chi connectivity index (χ0n) is 15.2. The Morgan fingerprint density at radius 3 is 2.70 bits per heavy atom. The molecule has 138 valence electrons. The predicted octanol–water partition coefficient (Wildman–Crippen LogP) is 3.48. The molecule has 4 rings (SSSR count). The summed E-state index contributed by atoms with van der Waals surface area (Å²) in [5, 5.41) is 13.9. The standard InChI is InChI=1S/C21H20N2O4/c1-3-27-15-9-7-14(8-10-15)22-20(25)17-19(24)16-6-4-5-13-11-12(2)23(18(13)16)21(17)26/h4-10,12,24H,3,11H2,1-2H3,(H,22,25)/t12-/m1/s1. The highest BCUT2D eigenvalue weighted by Crippen LogP contribution is 2.36. The number of hydrogen-bond acceptors (Lipinski definition) is 4. The minimum atomic E-state index is -0.628. The Kier molecular flexibility index (Phi) is 4.11. The maximum absolute atomic E-state index is 13.0. The van der Waals surface area contributed by atoms with Crippen LogP contribution in [0.5, 0.6) is 11.5 Å². The molecule has 0 aliphatic carbocycles. The maximum Gasteiger partial charge on any atom is 0.268 e. The second kappa shape index (κ2) is 6.46. The number of para-hydroxylation sites is 1. The number of ether oxygens (including phenoxy) is 1. The number of rotatable bonds is 4. The smallest absolute Gasteiger partial charge is 0.268 e. The zero-order valence-corrected chi connectivity index (χ0v) is 15.2. The van der Waals surface area contributed by atoms with E-state index in [-0.39, 0.29) is 17.4 Å². The molecule has 1 aliphatic heterocycles. The van der Waals surface area contributed by atoms with Crippen LogP contribution in [0.25, 0.3) is 10.9 Å². The second-order valence-corrected chi connectivity index (χ2v) is 6.68. The number of nitrogens with zero attached hydrogens (tertiary/aromatic N) is 1. The van der Waals surface area contributed by atoms with Gasteiger partial charge in [-0.15, -0.1) is 0 Å². The van der Waals surface area contributed by atoms with Crippen molar-refractivity contribution in [3.05, 3.63) is 63.9 Å². The first-order chi connectivity index (χ1) is 13.0. The largest absolute Gasteiger partial charge is 0.506 e. The summed E-state index contributed by atoms with van der Waals surface area (Å²) in [5.74, 6) is -0.207. The molecule has 1 aliphatic rings. The molecule has 27 heavy (non-hydrogen) atoms. The second-order valence-electron chi connectivity index (χ2n) is 6.68. The molecule has 0 spiro atoms. The van der Waals surface area contributed by atoms with Crippen LogP contribution >= 0.6 is 0 Å². The van der Waals surface area contributed by atoms with Gasteiger partial charge in [0.1, 0.15) is 17.1 Å². The van der Waals surface area contributed by atoms with Gasteiger partial charge < -0.3 is 19.7 Å². The molecule has 1 amide bonds. The van der Waals surface area contributed by atoms with E-state index in [1.807, 2.05) is 26.0 Å². The monoisotopic (exact) mass is 364 g/mol. The van der Waals surface area contributed by atoms with E-state index in [1.54, 1.807) is 34.9 Å². The van der Waals surface area contributed by atoms with Crippen LogP contribution in [-0.2, 0) is 6.42 Å². The molecule has 0 unspecified atom stereocenters. The number of amides is 1. The average molecular weight is 364 g/mol. The fraction of sp³-hybridized carbons (Fsp3) is 0.238. The minimum Gasteiger partial charge on any atom is -0.506 e. The Morgan fingerprint density at radius 1 is 1.26 bits per heavy atom. The molecule has 2 heterocycles. The molecule has 1 aromatic heterocycles. The van der Waals surface area contributed by atoms with E-state index < -0.39 is 11.5 Å². The van der Waals surface area contributed by atoms with Crippen molar-refractivity contribution in [3.8, 4) is 11.5 Å². The zero-order chi connectivity index (χ0) is 19.1. The number of pyridine rings is 1. The number of aromatic nitrogens is 1. The van der Waals surface area contributed by atoms with Gasteiger partial charge in [-0.3, -0.25) is 9.59 Å². The van der Waals surface area contributed by atoms with Crippen LogP contribution in [0.1, 0.15) is 35.8 Å². The molecule has 2 aromatic carbocycles. The Hall–Kier alpha value is -3.28. The van der Waals surface area contributed by atoms with Crippen molar-refractivity contribution in [3.63, 3.8) is 0 Å². The van der Waals surface area contributed by atoms with E-state index in [0.717, 1.165) is 5.56 Å². The molecule has 1 atom stereocenters. The van der Waals surface area contributed by atoms with E-state index in [4.69, 9.17) is 4.74 Å². The quantitative estimate of drug-likeness (QED) is 0.743. The normalized spacial score (nSPS) is 15.1. The van der Waals surface area contributed by atoms with Gasteiger partial charge >= 0.3 is 0 Å². The van der Waals surface area contributed by atoms with Gasteiger partial charge in [0.25, 0.3) is 11.5 Å². The molecular weight excluding hydrogens is 344 g/mol. The molecule has 0 saturated heterocycles. The van der Waals surface area contributed by atoms with Crippen molar-refractivity contribution >= 4 is 22.5 Å². The van der Waals surface area contributed by atoms with E-state index in [1.165, 1.54) is 0 Å². The lowest BCUT2D eigenvalue weighted by molar-refractivity contribution is 0.102. The number of hydrogen-bond donors (Lipinski definition) is 2. The summed E-state index contributed by atoms with van der Waals surface area (Å²) in [5.41, 5.74) is 1.53. The van der Waals surface area contributed by atoms with Crippen molar-refractivity contribution in [1.82, 2.24) is 4.57 Å². The van der Waals surface area contributed by atoms with E-state index in [2.05, 4.69) is 5.32 Å². The van der Waals surface area contributed by atoms with Gasteiger partial charge in [0.2, 0.25) is 0 Å². The third-order valence-corrected chi connectivity index (χ3v) is 4.89. The Morgan fingerprint density at radius 2 is 2.00 bits per heavy atom. The third-order valence-electron chi connectivity index (χ3n) is 4.89. The summed E-state index contributed by atoms with van der Waals surface area (Å²) < 4.78 is 6.99. The SMILES string of the molecule is CCOc1ccc(NC(=O)c2c(O)c3cccc4c3n(c2=O)[C@H](C)C4)cc1. The summed E-state index contributed by atoms with van der Waals surface area (Å²) in [6.07, 6.45) is 0.704. The highest BCUT2D eigenvalue weighted by molar-refractivity contribution is 6.09. The first kappa shape index (κ1) is 17.1. The molecule has 6 heteroatoms. The Balaban J connectivity index is 1.76. The highest BCUT2D eigenvalue weighted by atomic mass is 16.5. The molecular formula is C21H20N2O4. The van der Waals surface area contributed by atoms with Crippen LogP contribution in [0.2, 0.25) is 0 Å². The first-order valence-electron chi connectivity index (χ1n) is 8.94. The van der Waals surface area contributed by atoms with Crippen molar-refractivity contribution in [1.29, 1.82) is 0 Å². The van der Waals surface area contributed by atoms with Crippen molar-refractivity contribution < 1.29 is 14.6 Å². The van der Waals surface area contributed by atoms with Gasteiger partial charge in [0.15, 0.2) is 0 Å². The number of nitrogens with one attached hydrogen (secondary N) is 1. The fourth-order valence-electron chi connectivity index (χ4n) is 3.72. The number of carbonyl (C=O) groups excluding carboxylic acids is 1. The van der Waals surface area contributed by atoms with Crippen LogP contribution in [0.3, 0.4) is 0 Å². The van der Waals surface area contributed by atoms with Gasteiger partial charge in [-0.1, -0.05) is 12.1 Å². The summed E-state index contributed by atoms with van der Waals surface area (Å²) in [6, 6.07) is 12.3. The lowest BCUT2D eigenvalue weighted by Crippen LogP contribution is -2.30. The lowest BCUT2D eigenvalue weighted by Gasteiger charge is -2.14. The van der Waals surface area contributed by atoms with Crippen LogP contribution in [0, 0.1) is 0 Å². The van der Waals surface area contributed by atoms with E-state index in [0.29, 0.717) is 35.4 Å². The van der Waals surface area contributed by atoms with Crippen molar-refractivity contribution in [2.45, 2.75) is 26.3 Å². The number of benzene rings is 2. The topological polar surface area (TPSA) is 80.6 Å². The fourth-order valence-corrected chi connectivity index (χ4v) is 3.72. The summed E-state index contributed by atoms with van der Waals surface area (Å²) in [4.78, 5) is 25.8. The molecule has 2 N–H and O–H groups in total. The average Bonchev–Trinajstić information content (AvgIpc) is 2.98. The minimum absolute atomic E-state index is 0.0602. The van der Waals surface area contributed by atoms with Crippen LogP contribution in [-0.4, -0.2) is 22.2 Å². The van der Waals surface area contributed by atoms with Gasteiger partial charge in [0, 0.05) is 17.1 Å². The first-order valence-corrected chi connectivity index (χ1v) is 8.94. The molecule has 0 saturated carbocycles. The maximum atomic E-state index is 13.0. The Bertz CT molecular complexity index is 1100. The summed E-state index contributed by atoms with van der Waals surface area (Å²) in [6.45, 7) is 4.38. The van der Waals surface area contributed by atoms with Crippen molar-refractivity contribution in [2.75, 3.05) is 11.9 Å². The van der Waals surface area contributed by atoms with Gasteiger partial charge in [-0.25, -0.2) is 0 Å². The lowest BCUT2D eigenvalue weighted by atomic mass is 10.1. The van der Waals surface area contributed by atoms with Crippen LogP contribution in [0.4, 0.5) is 5.69 Å². The van der Waals surface area contributed by atoms with Crippen LogP contribution in [0.15, 0.2) is 47.3 Å². The Labute approximate surface area is 156 Å². The number of anilines is 1. The third kappa shape index (κ3) is 2.73. The summed E-state index contributed by atoms with van der Waals surface area (Å²) >= 11 is 0. The van der Waals surface area contributed by atoms with Crippen LogP contribution < -0.4 is 15.6 Å². The molecule has 3 aromatic rings. The van der Waals surface area contributed by atoms with Crippen molar-refractivity contribution in [2.24, 2.45) is 0 Å². The molecule has 6 nitrogen and oxygen atoms in total. The molecule has 0 fully saturated rings. The highest BCUT2D eigenvalue weighted by Gasteiger charge is 2.29. The van der Waals surface area contributed by atoms with Gasteiger partial charge in [0.05, 0.1) is 12.1 Å². The number of carbonyl (C=O) groups is 1. The van der Waals surface area contributed by atoms with Gasteiger partial charge in [-0.05, 0) is 56.2 Å². The van der Waals surface area contributed by atoms with E-state index >= 15 is 0 Å². The predicted molar refractivity (Wildman–Crippen MR) is 104 cm³/mol. The number of aromatic hydroxyl groups is 1. The van der Waals surface area contributed by atoms with Gasteiger partial charge in [-0.2, -0.15) is 0 Å². The summed E-state index contributed by atoms with van der Waals surface area (Å²) in [7, 11) is 0.